The van der Waals surface area contributed by atoms with Crippen molar-refractivity contribution in [1.29, 1.82) is 0 Å². The van der Waals surface area contributed by atoms with Gasteiger partial charge < -0.3 is 5.11 Å². The summed E-state index contributed by atoms with van der Waals surface area (Å²) in [5, 5.41) is 11.9. The highest BCUT2D eigenvalue weighted by atomic mass is 35.5. The standard InChI is InChI=1S/C23H14ClN3O3S/c24-14-10-8-13(9-11-14)20(28)18-19(16-6-3-4-12-25-16)27(22(30)21(18)29)23-26-15-5-1-2-7-17(15)31-23/h1-12,19,28H. The van der Waals surface area contributed by atoms with Gasteiger partial charge in [-0.25, -0.2) is 4.98 Å². The van der Waals surface area contributed by atoms with Crippen LogP contribution in [-0.2, 0) is 9.59 Å². The zero-order valence-electron chi connectivity index (χ0n) is 15.9. The van der Waals surface area contributed by atoms with Crippen molar-refractivity contribution in [3.05, 3.63) is 94.8 Å². The number of amides is 1. The third-order valence-electron chi connectivity index (χ3n) is 5.02. The summed E-state index contributed by atoms with van der Waals surface area (Å²) in [5.74, 6) is -1.83. The summed E-state index contributed by atoms with van der Waals surface area (Å²) in [7, 11) is 0. The van der Waals surface area contributed by atoms with E-state index in [2.05, 4.69) is 9.97 Å². The molecule has 1 N–H and O–H groups in total. The maximum absolute atomic E-state index is 13.1. The fraction of sp³-hybridized carbons (Fsp3) is 0.0435. The van der Waals surface area contributed by atoms with Gasteiger partial charge in [0.05, 0.1) is 21.5 Å². The van der Waals surface area contributed by atoms with Crippen molar-refractivity contribution in [3.8, 4) is 0 Å². The highest BCUT2D eigenvalue weighted by molar-refractivity contribution is 7.22. The van der Waals surface area contributed by atoms with Gasteiger partial charge in [0.1, 0.15) is 11.8 Å². The number of Topliss-reactive ketones (excluding diaryl/α,β-unsaturated/α-hetero) is 1. The number of carbonyl (C=O) groups is 2. The first kappa shape index (κ1) is 19.4. The molecule has 3 heterocycles. The number of aromatic nitrogens is 2. The number of rotatable bonds is 3. The Kier molecular flexibility index (Phi) is 4.77. The molecule has 0 saturated carbocycles. The molecule has 1 atom stereocenters. The Morgan fingerprint density at radius 2 is 1.74 bits per heavy atom. The molecule has 0 radical (unpaired) electrons. The number of aliphatic hydroxyl groups excluding tert-OH is 1. The number of aliphatic hydroxyl groups is 1. The highest BCUT2D eigenvalue weighted by Gasteiger charge is 2.48. The topological polar surface area (TPSA) is 83.4 Å². The van der Waals surface area contributed by atoms with Gasteiger partial charge in [-0.15, -0.1) is 0 Å². The van der Waals surface area contributed by atoms with Crippen molar-refractivity contribution in [1.82, 2.24) is 9.97 Å². The number of ketones is 1. The molecule has 152 valence electrons. The van der Waals surface area contributed by atoms with Crippen molar-refractivity contribution in [2.75, 3.05) is 4.90 Å². The molecule has 0 spiro atoms. The van der Waals surface area contributed by atoms with E-state index in [4.69, 9.17) is 11.6 Å². The van der Waals surface area contributed by atoms with Crippen LogP contribution in [-0.4, -0.2) is 26.8 Å². The van der Waals surface area contributed by atoms with E-state index < -0.39 is 17.7 Å². The Hall–Kier alpha value is -3.55. The van der Waals surface area contributed by atoms with Crippen LogP contribution in [0.1, 0.15) is 17.3 Å². The van der Waals surface area contributed by atoms with Crippen LogP contribution in [0.3, 0.4) is 0 Å². The largest absolute Gasteiger partial charge is 0.507 e. The molecule has 2 aromatic heterocycles. The molecular weight excluding hydrogens is 434 g/mol. The second-order valence-corrected chi connectivity index (χ2v) is 8.34. The van der Waals surface area contributed by atoms with Crippen molar-refractivity contribution < 1.29 is 14.7 Å². The lowest BCUT2D eigenvalue weighted by Crippen LogP contribution is -2.29. The van der Waals surface area contributed by atoms with Gasteiger partial charge in [0.15, 0.2) is 5.13 Å². The quantitative estimate of drug-likeness (QED) is 0.272. The highest BCUT2D eigenvalue weighted by Crippen LogP contribution is 2.43. The molecule has 1 unspecified atom stereocenters. The van der Waals surface area contributed by atoms with Crippen LogP contribution in [0.2, 0.25) is 5.02 Å². The molecule has 8 heteroatoms. The van der Waals surface area contributed by atoms with E-state index in [-0.39, 0.29) is 11.3 Å². The first-order valence-electron chi connectivity index (χ1n) is 9.38. The number of fused-ring (bicyclic) bond motifs is 1. The van der Waals surface area contributed by atoms with Gasteiger partial charge in [-0.2, -0.15) is 0 Å². The van der Waals surface area contributed by atoms with E-state index in [9.17, 15) is 14.7 Å². The number of para-hydroxylation sites is 1. The normalized spacial score (nSPS) is 18.1. The number of thiazole rings is 1. The van der Waals surface area contributed by atoms with E-state index >= 15 is 0 Å². The van der Waals surface area contributed by atoms with Crippen LogP contribution < -0.4 is 4.90 Å². The van der Waals surface area contributed by atoms with Crippen molar-refractivity contribution in [2.24, 2.45) is 0 Å². The van der Waals surface area contributed by atoms with E-state index in [1.165, 1.54) is 16.2 Å². The fourth-order valence-electron chi connectivity index (χ4n) is 3.57. The summed E-state index contributed by atoms with van der Waals surface area (Å²) in [5.41, 5.74) is 1.52. The summed E-state index contributed by atoms with van der Waals surface area (Å²) in [6.07, 6.45) is 1.58. The Bertz CT molecular complexity index is 1320. The molecule has 1 fully saturated rings. The molecule has 1 saturated heterocycles. The zero-order chi connectivity index (χ0) is 21.5. The predicted octanol–water partition coefficient (Wildman–Crippen LogP) is 4.97. The molecule has 6 nitrogen and oxygen atoms in total. The Labute approximate surface area is 186 Å². The second-order valence-electron chi connectivity index (χ2n) is 6.89. The van der Waals surface area contributed by atoms with Crippen molar-refractivity contribution >= 4 is 55.7 Å². The fourth-order valence-corrected chi connectivity index (χ4v) is 4.69. The minimum atomic E-state index is -0.905. The lowest BCUT2D eigenvalue weighted by Gasteiger charge is -2.21. The molecule has 31 heavy (non-hydrogen) atoms. The van der Waals surface area contributed by atoms with E-state index in [1.807, 2.05) is 24.3 Å². The van der Waals surface area contributed by atoms with Crippen LogP contribution in [0.5, 0.6) is 0 Å². The molecule has 2 aromatic carbocycles. The SMILES string of the molecule is O=C1C(=O)N(c2nc3ccccc3s2)C(c2ccccn2)C1=C(O)c1ccc(Cl)cc1. The Morgan fingerprint density at radius 1 is 1.00 bits per heavy atom. The molecule has 0 aliphatic carbocycles. The van der Waals surface area contributed by atoms with Gasteiger partial charge in [0.2, 0.25) is 0 Å². The maximum atomic E-state index is 13.1. The summed E-state index contributed by atoms with van der Waals surface area (Å²) in [6.45, 7) is 0. The van der Waals surface area contributed by atoms with Gasteiger partial charge in [-0.1, -0.05) is 41.1 Å². The van der Waals surface area contributed by atoms with Gasteiger partial charge in [0, 0.05) is 16.8 Å². The number of benzene rings is 2. The van der Waals surface area contributed by atoms with E-state index in [0.717, 1.165) is 10.2 Å². The van der Waals surface area contributed by atoms with Crippen LogP contribution in [0.4, 0.5) is 5.13 Å². The molecule has 5 rings (SSSR count). The third-order valence-corrected chi connectivity index (χ3v) is 6.31. The van der Waals surface area contributed by atoms with Gasteiger partial charge in [-0.05, 0) is 48.5 Å². The summed E-state index contributed by atoms with van der Waals surface area (Å²) in [4.78, 5) is 36.4. The minimum Gasteiger partial charge on any atom is -0.507 e. The van der Waals surface area contributed by atoms with Crippen LogP contribution in [0, 0.1) is 0 Å². The van der Waals surface area contributed by atoms with Gasteiger partial charge >= 0.3 is 5.91 Å². The molecule has 4 aromatic rings. The van der Waals surface area contributed by atoms with Crippen molar-refractivity contribution in [2.45, 2.75) is 6.04 Å². The monoisotopic (exact) mass is 447 g/mol. The molecule has 1 aliphatic rings. The first-order chi connectivity index (χ1) is 15.0. The molecule has 1 amide bonds. The number of hydrogen-bond acceptors (Lipinski definition) is 6. The number of nitrogens with zero attached hydrogens (tertiary/aromatic N) is 3. The predicted molar refractivity (Wildman–Crippen MR) is 120 cm³/mol. The van der Waals surface area contributed by atoms with E-state index in [0.29, 0.717) is 21.4 Å². The van der Waals surface area contributed by atoms with Crippen molar-refractivity contribution in [3.63, 3.8) is 0 Å². The lowest BCUT2D eigenvalue weighted by molar-refractivity contribution is -0.132. The van der Waals surface area contributed by atoms with Crippen LogP contribution in [0.15, 0.2) is 78.5 Å². The number of hydrogen-bond donors (Lipinski definition) is 1. The summed E-state index contributed by atoms with van der Waals surface area (Å²) < 4.78 is 0.886. The van der Waals surface area contributed by atoms with Crippen LogP contribution >= 0.6 is 22.9 Å². The van der Waals surface area contributed by atoms with Gasteiger partial charge in [0.25, 0.3) is 5.78 Å². The lowest BCUT2D eigenvalue weighted by atomic mass is 9.98. The van der Waals surface area contributed by atoms with E-state index in [1.54, 1.807) is 48.7 Å². The third kappa shape index (κ3) is 3.28. The second kappa shape index (κ2) is 7.61. The number of pyridine rings is 1. The van der Waals surface area contributed by atoms with Gasteiger partial charge in [-0.3, -0.25) is 19.5 Å². The smallest absolute Gasteiger partial charge is 0.301 e. The average Bonchev–Trinajstić information content (AvgIpc) is 3.33. The van der Waals surface area contributed by atoms with Crippen LogP contribution in [0.25, 0.3) is 16.0 Å². The minimum absolute atomic E-state index is 0.0368. The summed E-state index contributed by atoms with van der Waals surface area (Å²) >= 11 is 7.25. The molecular formula is C23H14ClN3O3S. The Morgan fingerprint density at radius 3 is 2.45 bits per heavy atom. The zero-order valence-corrected chi connectivity index (χ0v) is 17.5. The number of anilines is 1. The first-order valence-corrected chi connectivity index (χ1v) is 10.6. The number of carbonyl (C=O) groups excluding carboxylic acids is 2. The summed E-state index contributed by atoms with van der Waals surface area (Å²) in [6, 6.07) is 18.2. The maximum Gasteiger partial charge on any atom is 0.301 e. The molecule has 0 bridgehead atoms. The molecule has 1 aliphatic heterocycles. The average molecular weight is 448 g/mol. The Balaban J connectivity index is 1.73. The number of halogens is 1.